The van der Waals surface area contributed by atoms with Gasteiger partial charge in [0.1, 0.15) is 11.1 Å². The smallest absolute Gasteiger partial charge is 0.243 e. The molecule has 0 radical (unpaired) electrons. The fraction of sp³-hybridized carbons (Fsp3) is 0.130. The number of amidine groups is 1. The Hall–Kier alpha value is -4.05. The van der Waals surface area contributed by atoms with Crippen LogP contribution in [0, 0.1) is 0 Å². The molecule has 1 aliphatic heterocycles. The van der Waals surface area contributed by atoms with Crippen LogP contribution in [0.1, 0.15) is 5.76 Å². The summed E-state index contributed by atoms with van der Waals surface area (Å²) in [6.45, 7) is 0. The molecule has 0 N–H and O–H groups in total. The van der Waals surface area contributed by atoms with Crippen molar-refractivity contribution in [2.24, 2.45) is 10.2 Å². The lowest BCUT2D eigenvalue weighted by Crippen LogP contribution is -2.28. The fourth-order valence-corrected chi connectivity index (χ4v) is 4.47. The highest BCUT2D eigenvalue weighted by atomic mass is 32.2. The Morgan fingerprint density at radius 2 is 1.85 bits per heavy atom. The van der Waals surface area contributed by atoms with E-state index in [4.69, 9.17) is 18.3 Å². The predicted octanol–water partition coefficient (Wildman–Crippen LogP) is 4.03. The van der Waals surface area contributed by atoms with E-state index in [-0.39, 0.29) is 39.6 Å². The number of para-hydroxylation sites is 1. The van der Waals surface area contributed by atoms with E-state index in [1.54, 1.807) is 6.07 Å². The number of ether oxygens (including phenoxy) is 2. The molecule has 5 rings (SSSR count). The van der Waals surface area contributed by atoms with E-state index in [2.05, 4.69) is 10.2 Å². The molecule has 3 heterocycles. The van der Waals surface area contributed by atoms with Crippen molar-refractivity contribution in [1.29, 1.82) is 0 Å². The number of furan rings is 1. The molecule has 0 spiro atoms. The van der Waals surface area contributed by atoms with Crippen molar-refractivity contribution in [2.45, 2.75) is 0 Å². The number of hydrogen-bond donors (Lipinski definition) is 0. The van der Waals surface area contributed by atoms with E-state index in [9.17, 15) is 9.59 Å². The SMILES string of the molecule is COc1c2occc2c(OC)c2c(=O)cc(/C=N/N=C3/SCC(=O)N3c3ccccc3)oc12. The zero-order valence-corrected chi connectivity index (χ0v) is 18.4. The first-order valence-electron chi connectivity index (χ1n) is 9.83. The quantitative estimate of drug-likeness (QED) is 0.325. The van der Waals surface area contributed by atoms with Crippen LogP contribution >= 0.6 is 11.8 Å². The predicted molar refractivity (Wildman–Crippen MR) is 127 cm³/mol. The maximum atomic E-state index is 12.9. The van der Waals surface area contributed by atoms with Gasteiger partial charge in [0.25, 0.3) is 0 Å². The van der Waals surface area contributed by atoms with E-state index in [1.807, 2.05) is 30.3 Å². The molecule has 2 aromatic heterocycles. The van der Waals surface area contributed by atoms with Gasteiger partial charge in [-0.3, -0.25) is 14.5 Å². The molecule has 0 saturated carbocycles. The van der Waals surface area contributed by atoms with Crippen LogP contribution < -0.4 is 19.8 Å². The molecule has 1 fully saturated rings. The second-order valence-electron chi connectivity index (χ2n) is 6.93. The van der Waals surface area contributed by atoms with Crippen molar-refractivity contribution in [3.05, 3.63) is 64.7 Å². The molecule has 10 heteroatoms. The largest absolute Gasteiger partial charge is 0.495 e. The highest BCUT2D eigenvalue weighted by Gasteiger charge is 2.29. The van der Waals surface area contributed by atoms with E-state index in [0.717, 1.165) is 0 Å². The first kappa shape index (κ1) is 20.8. The summed E-state index contributed by atoms with van der Waals surface area (Å²) in [5, 5.41) is 9.49. The summed E-state index contributed by atoms with van der Waals surface area (Å²) in [6.07, 6.45) is 2.79. The molecular formula is C23H17N3O6S. The van der Waals surface area contributed by atoms with Gasteiger partial charge in [-0.05, 0) is 18.2 Å². The van der Waals surface area contributed by atoms with Gasteiger partial charge < -0.3 is 18.3 Å². The van der Waals surface area contributed by atoms with Crippen molar-refractivity contribution in [1.82, 2.24) is 0 Å². The molecule has 9 nitrogen and oxygen atoms in total. The van der Waals surface area contributed by atoms with Gasteiger partial charge in [0, 0.05) is 6.07 Å². The minimum absolute atomic E-state index is 0.0864. The maximum absolute atomic E-state index is 12.9. The third-order valence-electron chi connectivity index (χ3n) is 5.03. The monoisotopic (exact) mass is 463 g/mol. The lowest BCUT2D eigenvalue weighted by atomic mass is 10.1. The number of hydrogen-bond acceptors (Lipinski definition) is 9. The molecule has 166 valence electrons. The number of rotatable bonds is 5. The van der Waals surface area contributed by atoms with Gasteiger partial charge >= 0.3 is 0 Å². The van der Waals surface area contributed by atoms with Gasteiger partial charge in [0.15, 0.2) is 27.5 Å². The van der Waals surface area contributed by atoms with Crippen LogP contribution in [-0.4, -0.2) is 37.3 Å². The number of nitrogens with zero attached hydrogens (tertiary/aromatic N) is 3. The van der Waals surface area contributed by atoms with Crippen molar-refractivity contribution in [3.63, 3.8) is 0 Å². The highest BCUT2D eigenvalue weighted by Crippen LogP contribution is 2.41. The average Bonchev–Trinajstić information content (AvgIpc) is 3.45. The summed E-state index contributed by atoms with van der Waals surface area (Å²) in [4.78, 5) is 26.7. The van der Waals surface area contributed by atoms with E-state index in [0.29, 0.717) is 27.6 Å². The van der Waals surface area contributed by atoms with Gasteiger partial charge in [-0.15, -0.1) is 5.10 Å². The second kappa shape index (κ2) is 8.47. The van der Waals surface area contributed by atoms with Crippen LogP contribution in [0.2, 0.25) is 0 Å². The van der Waals surface area contributed by atoms with E-state index in [1.165, 1.54) is 49.4 Å². The van der Waals surface area contributed by atoms with Gasteiger partial charge in [-0.1, -0.05) is 30.0 Å². The number of methoxy groups -OCH3 is 2. The molecule has 1 amide bonds. The standard InChI is InChI=1S/C23H17N3O6S/c1-29-19-15-8-9-31-20(15)22(30-2)21-18(19)16(27)10-14(32-21)11-24-25-23-26(17(28)12-33-23)13-6-4-3-5-7-13/h3-11H,12H2,1-2H3/b24-11+,25-23+. The molecule has 33 heavy (non-hydrogen) atoms. The Balaban J connectivity index is 1.56. The summed E-state index contributed by atoms with van der Waals surface area (Å²) >= 11 is 1.28. The topological polar surface area (TPSA) is 107 Å². The van der Waals surface area contributed by atoms with Crippen LogP contribution in [-0.2, 0) is 4.79 Å². The van der Waals surface area contributed by atoms with E-state index < -0.39 is 0 Å². The number of anilines is 1. The van der Waals surface area contributed by atoms with Crippen molar-refractivity contribution in [2.75, 3.05) is 24.9 Å². The third kappa shape index (κ3) is 3.54. The number of benzene rings is 2. The van der Waals surface area contributed by atoms with Crippen LogP contribution in [0.15, 0.2) is 72.6 Å². The van der Waals surface area contributed by atoms with Gasteiger partial charge in [0.2, 0.25) is 11.7 Å². The fourth-order valence-electron chi connectivity index (χ4n) is 3.65. The Morgan fingerprint density at radius 1 is 1.06 bits per heavy atom. The second-order valence-corrected chi connectivity index (χ2v) is 7.87. The Kier molecular flexibility index (Phi) is 5.35. The summed E-state index contributed by atoms with van der Waals surface area (Å²) < 4.78 is 22.4. The van der Waals surface area contributed by atoms with Crippen LogP contribution in [0.4, 0.5) is 5.69 Å². The average molecular weight is 463 g/mol. The molecule has 1 aliphatic rings. The van der Waals surface area contributed by atoms with E-state index >= 15 is 0 Å². The summed E-state index contributed by atoms with van der Waals surface area (Å²) in [7, 11) is 2.93. The third-order valence-corrected chi connectivity index (χ3v) is 5.95. The van der Waals surface area contributed by atoms with Crippen molar-refractivity contribution >= 4 is 56.7 Å². The zero-order chi connectivity index (χ0) is 22.9. The number of thioether (sulfide) groups is 1. The lowest BCUT2D eigenvalue weighted by molar-refractivity contribution is -0.115. The highest BCUT2D eigenvalue weighted by molar-refractivity contribution is 8.15. The zero-order valence-electron chi connectivity index (χ0n) is 17.6. The van der Waals surface area contributed by atoms with Crippen molar-refractivity contribution in [3.8, 4) is 11.5 Å². The summed E-state index contributed by atoms with van der Waals surface area (Å²) in [6, 6.07) is 12.2. The lowest BCUT2D eigenvalue weighted by Gasteiger charge is -2.14. The molecule has 4 aromatic rings. The Morgan fingerprint density at radius 3 is 2.61 bits per heavy atom. The molecule has 0 aliphatic carbocycles. The van der Waals surface area contributed by atoms with Gasteiger partial charge in [-0.25, -0.2) is 0 Å². The molecular weight excluding hydrogens is 446 g/mol. The molecule has 2 aromatic carbocycles. The van der Waals surface area contributed by atoms with Gasteiger partial charge in [-0.2, -0.15) is 5.10 Å². The Labute approximate surface area is 191 Å². The number of carbonyl (C=O) groups is 1. The summed E-state index contributed by atoms with van der Waals surface area (Å²) in [5.41, 5.74) is 0.950. The first-order chi connectivity index (χ1) is 16.1. The number of amides is 1. The molecule has 0 unspecified atom stereocenters. The van der Waals surface area contributed by atoms with Gasteiger partial charge in [0.05, 0.1) is 43.5 Å². The first-order valence-corrected chi connectivity index (χ1v) is 10.8. The minimum atomic E-state index is -0.333. The number of carbonyl (C=O) groups excluding carboxylic acids is 1. The molecule has 0 atom stereocenters. The molecule has 0 bridgehead atoms. The van der Waals surface area contributed by atoms with Crippen LogP contribution in [0.3, 0.4) is 0 Å². The number of fused-ring (bicyclic) bond motifs is 2. The van der Waals surface area contributed by atoms with Crippen molar-refractivity contribution < 1.29 is 23.1 Å². The summed E-state index contributed by atoms with van der Waals surface area (Å²) in [5.74, 6) is 0.952. The minimum Gasteiger partial charge on any atom is -0.495 e. The van der Waals surface area contributed by atoms with Crippen LogP contribution in [0.25, 0.3) is 21.9 Å². The van der Waals surface area contributed by atoms with Crippen LogP contribution in [0.5, 0.6) is 11.5 Å². The normalized spacial score (nSPS) is 15.4. The molecule has 1 saturated heterocycles. The maximum Gasteiger partial charge on any atom is 0.243 e. The Bertz CT molecular complexity index is 1490.